The van der Waals surface area contributed by atoms with Crippen LogP contribution in [0.3, 0.4) is 0 Å². The molecular weight excluding hydrogens is 264 g/mol. The number of carbonyl (C=O) groups excluding carboxylic acids is 1. The highest BCUT2D eigenvalue weighted by Crippen LogP contribution is 2.29. The second-order valence-electron chi connectivity index (χ2n) is 6.91. The van der Waals surface area contributed by atoms with E-state index in [1.54, 1.807) is 0 Å². The van der Waals surface area contributed by atoms with Crippen molar-refractivity contribution in [3.05, 3.63) is 0 Å². The Morgan fingerprint density at radius 1 is 1.24 bits per heavy atom. The van der Waals surface area contributed by atoms with Crippen LogP contribution in [-0.2, 0) is 9.53 Å². The van der Waals surface area contributed by atoms with Gasteiger partial charge in [0.15, 0.2) is 0 Å². The Kier molecular flexibility index (Phi) is 6.06. The Hall–Kier alpha value is -0.610. The van der Waals surface area contributed by atoms with Crippen molar-refractivity contribution in [1.82, 2.24) is 10.2 Å². The average Bonchev–Trinajstić information content (AvgIpc) is 2.84. The summed E-state index contributed by atoms with van der Waals surface area (Å²) >= 11 is 0. The molecule has 4 heteroatoms. The lowest BCUT2D eigenvalue weighted by molar-refractivity contribution is -0.152. The van der Waals surface area contributed by atoms with E-state index >= 15 is 0 Å². The zero-order chi connectivity index (χ0) is 15.3. The van der Waals surface area contributed by atoms with Gasteiger partial charge in [-0.15, -0.1) is 0 Å². The van der Waals surface area contributed by atoms with Crippen LogP contribution in [0.5, 0.6) is 0 Å². The summed E-state index contributed by atoms with van der Waals surface area (Å²) in [6.07, 6.45) is 7.83. The fraction of sp³-hybridized carbons (Fsp3) is 0.941. The molecule has 122 valence electrons. The molecule has 1 heterocycles. The van der Waals surface area contributed by atoms with E-state index in [4.69, 9.17) is 4.74 Å². The molecule has 0 aromatic heterocycles. The Balaban J connectivity index is 2.09. The number of carbonyl (C=O) groups is 1. The molecule has 1 saturated heterocycles. The third kappa shape index (κ3) is 4.19. The molecule has 1 N–H and O–H groups in total. The number of nitrogens with one attached hydrogen (secondary N) is 1. The molecule has 0 aromatic carbocycles. The highest BCUT2D eigenvalue weighted by molar-refractivity contribution is 5.81. The lowest BCUT2D eigenvalue weighted by atomic mass is 9.89. The largest absolute Gasteiger partial charge is 0.465 e. The lowest BCUT2D eigenvalue weighted by Gasteiger charge is -2.34. The molecule has 2 rings (SSSR count). The van der Waals surface area contributed by atoms with Gasteiger partial charge in [0.25, 0.3) is 0 Å². The molecule has 1 aliphatic heterocycles. The topological polar surface area (TPSA) is 41.6 Å². The van der Waals surface area contributed by atoms with Crippen LogP contribution in [0, 0.1) is 0 Å². The van der Waals surface area contributed by atoms with E-state index in [-0.39, 0.29) is 5.97 Å². The summed E-state index contributed by atoms with van der Waals surface area (Å²) < 4.78 is 5.43. The van der Waals surface area contributed by atoms with E-state index in [2.05, 4.69) is 24.1 Å². The van der Waals surface area contributed by atoms with Gasteiger partial charge in [-0.3, -0.25) is 10.1 Å². The van der Waals surface area contributed by atoms with Crippen molar-refractivity contribution in [3.8, 4) is 0 Å². The van der Waals surface area contributed by atoms with Crippen molar-refractivity contribution >= 4 is 5.97 Å². The van der Waals surface area contributed by atoms with E-state index in [9.17, 15) is 4.79 Å². The van der Waals surface area contributed by atoms with Gasteiger partial charge in [-0.1, -0.05) is 12.8 Å². The van der Waals surface area contributed by atoms with E-state index in [1.165, 1.54) is 25.7 Å². The molecule has 0 aromatic rings. The van der Waals surface area contributed by atoms with Gasteiger partial charge in [0, 0.05) is 18.6 Å². The molecule has 0 amide bonds. The first-order chi connectivity index (χ1) is 10.1. The molecule has 0 spiro atoms. The van der Waals surface area contributed by atoms with Crippen molar-refractivity contribution in [3.63, 3.8) is 0 Å². The maximum Gasteiger partial charge on any atom is 0.326 e. The molecule has 0 radical (unpaired) electrons. The number of hydrogen-bond donors (Lipinski definition) is 1. The molecule has 2 aliphatic rings. The highest BCUT2D eigenvalue weighted by atomic mass is 16.5. The van der Waals surface area contributed by atoms with Crippen molar-refractivity contribution in [1.29, 1.82) is 0 Å². The number of hydrogen-bond acceptors (Lipinski definition) is 4. The molecular formula is C17H32N2O2. The van der Waals surface area contributed by atoms with Gasteiger partial charge in [-0.05, 0) is 59.4 Å². The quantitative estimate of drug-likeness (QED) is 0.792. The van der Waals surface area contributed by atoms with Gasteiger partial charge in [0.2, 0.25) is 0 Å². The Morgan fingerprint density at radius 3 is 2.57 bits per heavy atom. The van der Waals surface area contributed by atoms with Crippen LogP contribution in [-0.4, -0.2) is 48.2 Å². The first-order valence-electron chi connectivity index (χ1n) is 8.76. The first-order valence-corrected chi connectivity index (χ1v) is 8.76. The van der Waals surface area contributed by atoms with Crippen LogP contribution in [0.1, 0.15) is 65.7 Å². The zero-order valence-corrected chi connectivity index (χ0v) is 14.0. The highest BCUT2D eigenvalue weighted by Gasteiger charge is 2.43. The number of rotatable bonds is 5. The van der Waals surface area contributed by atoms with Crippen LogP contribution < -0.4 is 5.32 Å². The van der Waals surface area contributed by atoms with Crippen LogP contribution in [0.15, 0.2) is 0 Å². The fourth-order valence-corrected chi connectivity index (χ4v) is 3.81. The van der Waals surface area contributed by atoms with Crippen LogP contribution in [0.4, 0.5) is 0 Å². The maximum atomic E-state index is 12.6. The lowest BCUT2D eigenvalue weighted by Crippen LogP contribution is -2.56. The minimum Gasteiger partial charge on any atom is -0.465 e. The average molecular weight is 296 g/mol. The molecule has 21 heavy (non-hydrogen) atoms. The third-order valence-electron chi connectivity index (χ3n) is 5.11. The molecule has 1 unspecified atom stereocenters. The van der Waals surface area contributed by atoms with Gasteiger partial charge in [-0.2, -0.15) is 0 Å². The third-order valence-corrected chi connectivity index (χ3v) is 5.11. The number of esters is 1. The second-order valence-corrected chi connectivity index (χ2v) is 6.91. The Morgan fingerprint density at radius 2 is 1.95 bits per heavy atom. The normalized spacial score (nSPS) is 28.8. The smallest absolute Gasteiger partial charge is 0.326 e. The van der Waals surface area contributed by atoms with E-state index in [1.807, 2.05) is 6.92 Å². The van der Waals surface area contributed by atoms with Crippen LogP contribution >= 0.6 is 0 Å². The van der Waals surface area contributed by atoms with Gasteiger partial charge >= 0.3 is 5.97 Å². The predicted molar refractivity (Wildman–Crippen MR) is 85.3 cm³/mol. The fourth-order valence-electron chi connectivity index (χ4n) is 3.81. The van der Waals surface area contributed by atoms with Crippen molar-refractivity contribution in [2.75, 3.05) is 19.7 Å². The predicted octanol–water partition coefficient (Wildman–Crippen LogP) is 2.71. The molecule has 2 fully saturated rings. The van der Waals surface area contributed by atoms with E-state index in [0.29, 0.717) is 18.7 Å². The summed E-state index contributed by atoms with van der Waals surface area (Å²) in [4.78, 5) is 15.1. The summed E-state index contributed by atoms with van der Waals surface area (Å²) in [7, 11) is 0. The van der Waals surface area contributed by atoms with Crippen molar-refractivity contribution in [2.24, 2.45) is 0 Å². The van der Waals surface area contributed by atoms with Crippen molar-refractivity contribution in [2.45, 2.75) is 83.3 Å². The second kappa shape index (κ2) is 7.59. The zero-order valence-electron chi connectivity index (χ0n) is 14.0. The number of nitrogens with zero attached hydrogens (tertiary/aromatic N) is 1. The Bertz CT molecular complexity index is 340. The standard InChI is InChI=1S/C17H32N2O2/c1-4-21-16(20)17(18-15-8-5-6-9-15)10-7-12-19(13-11-17)14(2)3/h14-15,18H,4-13H2,1-3H3. The van der Waals surface area contributed by atoms with Crippen LogP contribution in [0.2, 0.25) is 0 Å². The molecule has 0 bridgehead atoms. The monoisotopic (exact) mass is 296 g/mol. The number of likely N-dealkylation sites (tertiary alicyclic amines) is 1. The van der Waals surface area contributed by atoms with Crippen molar-refractivity contribution < 1.29 is 9.53 Å². The first kappa shape index (κ1) is 16.8. The maximum absolute atomic E-state index is 12.6. The Labute approximate surface area is 129 Å². The summed E-state index contributed by atoms with van der Waals surface area (Å²) in [5.74, 6) is -0.0255. The summed E-state index contributed by atoms with van der Waals surface area (Å²) in [6.45, 7) is 8.92. The van der Waals surface area contributed by atoms with E-state index in [0.717, 1.165) is 32.4 Å². The van der Waals surface area contributed by atoms with E-state index < -0.39 is 5.54 Å². The molecule has 1 atom stereocenters. The summed E-state index contributed by atoms with van der Waals surface area (Å²) in [6, 6.07) is 1.05. The van der Waals surface area contributed by atoms with Gasteiger partial charge in [0.1, 0.15) is 5.54 Å². The summed E-state index contributed by atoms with van der Waals surface area (Å²) in [5.41, 5.74) is -0.450. The summed E-state index contributed by atoms with van der Waals surface area (Å²) in [5, 5.41) is 3.71. The molecule has 4 nitrogen and oxygen atoms in total. The minimum absolute atomic E-state index is 0.0255. The minimum atomic E-state index is -0.450. The van der Waals surface area contributed by atoms with Gasteiger partial charge in [-0.25, -0.2) is 0 Å². The van der Waals surface area contributed by atoms with Gasteiger partial charge < -0.3 is 9.64 Å². The molecule has 1 saturated carbocycles. The molecule has 1 aliphatic carbocycles. The van der Waals surface area contributed by atoms with Crippen LogP contribution in [0.25, 0.3) is 0 Å². The number of ether oxygens (including phenoxy) is 1. The van der Waals surface area contributed by atoms with Gasteiger partial charge in [0.05, 0.1) is 6.61 Å². The SMILES string of the molecule is CCOC(=O)C1(NC2CCCC2)CCCN(C(C)C)CC1.